The fourth-order valence-electron chi connectivity index (χ4n) is 2.35. The Morgan fingerprint density at radius 2 is 1.81 bits per heavy atom. The SMILES string of the molecule is CCOC(=O)C[C@H](NS(=O)(=O)c1cc(Cl)ccc1Cl)c1ccc(C)cc1. The zero-order valence-corrected chi connectivity index (χ0v) is 16.7. The molecule has 1 atom stereocenters. The largest absolute Gasteiger partial charge is 0.466 e. The molecule has 0 aliphatic rings. The Kier molecular flexibility index (Phi) is 7.06. The van der Waals surface area contributed by atoms with Gasteiger partial charge in [0.05, 0.1) is 24.1 Å². The number of ether oxygens (including phenoxy) is 1. The van der Waals surface area contributed by atoms with Crippen molar-refractivity contribution in [2.75, 3.05) is 6.61 Å². The molecule has 2 rings (SSSR count). The van der Waals surface area contributed by atoms with Crippen molar-refractivity contribution in [2.24, 2.45) is 0 Å². The van der Waals surface area contributed by atoms with Crippen molar-refractivity contribution in [1.29, 1.82) is 0 Å². The third-order valence-electron chi connectivity index (χ3n) is 3.64. The predicted molar refractivity (Wildman–Crippen MR) is 102 cm³/mol. The number of sulfonamides is 1. The van der Waals surface area contributed by atoms with Crippen molar-refractivity contribution in [3.8, 4) is 0 Å². The second-order valence-corrected chi connectivity index (χ2v) is 8.19. The molecule has 0 aromatic heterocycles. The predicted octanol–water partition coefficient (Wildman–Crippen LogP) is 4.27. The second kappa shape index (κ2) is 8.86. The van der Waals surface area contributed by atoms with Gasteiger partial charge in [-0.1, -0.05) is 53.0 Å². The van der Waals surface area contributed by atoms with Crippen LogP contribution in [0.4, 0.5) is 0 Å². The monoisotopic (exact) mass is 415 g/mol. The molecule has 0 bridgehead atoms. The van der Waals surface area contributed by atoms with Crippen LogP contribution in [0.3, 0.4) is 0 Å². The van der Waals surface area contributed by atoms with Gasteiger partial charge in [-0.2, -0.15) is 0 Å². The highest BCUT2D eigenvalue weighted by Crippen LogP contribution is 2.27. The van der Waals surface area contributed by atoms with Gasteiger partial charge < -0.3 is 4.74 Å². The summed E-state index contributed by atoms with van der Waals surface area (Å²) in [7, 11) is -4.01. The summed E-state index contributed by atoms with van der Waals surface area (Å²) < 4.78 is 33.1. The summed E-state index contributed by atoms with van der Waals surface area (Å²) in [6.45, 7) is 3.82. The molecular formula is C18H19Cl2NO4S. The van der Waals surface area contributed by atoms with Gasteiger partial charge in [-0.15, -0.1) is 0 Å². The van der Waals surface area contributed by atoms with Gasteiger partial charge in [0.25, 0.3) is 0 Å². The summed E-state index contributed by atoms with van der Waals surface area (Å²) in [6, 6.07) is 10.6. The zero-order valence-electron chi connectivity index (χ0n) is 14.3. The van der Waals surface area contributed by atoms with Crippen LogP contribution < -0.4 is 4.72 Å². The minimum absolute atomic E-state index is 0.0423. The summed E-state index contributed by atoms with van der Waals surface area (Å²) in [5, 5.41) is 0.285. The summed E-state index contributed by atoms with van der Waals surface area (Å²) in [5.41, 5.74) is 1.66. The molecule has 0 unspecified atom stereocenters. The number of carbonyl (C=O) groups excluding carboxylic acids is 1. The number of hydrogen-bond acceptors (Lipinski definition) is 4. The molecule has 0 heterocycles. The molecule has 0 spiro atoms. The highest BCUT2D eigenvalue weighted by atomic mass is 35.5. The van der Waals surface area contributed by atoms with Gasteiger partial charge in [0, 0.05) is 5.02 Å². The first-order valence-electron chi connectivity index (χ1n) is 7.92. The van der Waals surface area contributed by atoms with Crippen molar-refractivity contribution in [2.45, 2.75) is 31.2 Å². The van der Waals surface area contributed by atoms with Crippen molar-refractivity contribution < 1.29 is 17.9 Å². The smallest absolute Gasteiger partial charge is 0.307 e. The zero-order chi connectivity index (χ0) is 19.3. The number of esters is 1. The van der Waals surface area contributed by atoms with E-state index in [1.54, 1.807) is 19.1 Å². The average molecular weight is 416 g/mol. The number of benzene rings is 2. The van der Waals surface area contributed by atoms with Crippen LogP contribution in [0.5, 0.6) is 0 Å². The third kappa shape index (κ3) is 5.45. The van der Waals surface area contributed by atoms with Crippen LogP contribution in [0.1, 0.15) is 30.5 Å². The fraction of sp³-hybridized carbons (Fsp3) is 0.278. The molecule has 0 fully saturated rings. The molecule has 0 amide bonds. The lowest BCUT2D eigenvalue weighted by molar-refractivity contribution is -0.143. The molecule has 0 radical (unpaired) electrons. The van der Waals surface area contributed by atoms with Crippen LogP contribution in [0.25, 0.3) is 0 Å². The number of rotatable bonds is 7. The number of carbonyl (C=O) groups is 1. The summed E-state index contributed by atoms with van der Waals surface area (Å²) >= 11 is 11.9. The van der Waals surface area contributed by atoms with Crippen molar-refractivity contribution in [3.63, 3.8) is 0 Å². The number of hydrogen-bond donors (Lipinski definition) is 1. The molecule has 0 saturated heterocycles. The quantitative estimate of drug-likeness (QED) is 0.684. The maximum atomic E-state index is 12.8. The van der Waals surface area contributed by atoms with E-state index in [-0.39, 0.29) is 28.0 Å². The molecule has 2 aromatic carbocycles. The van der Waals surface area contributed by atoms with Gasteiger partial charge in [0.1, 0.15) is 4.90 Å². The molecule has 0 aliphatic heterocycles. The molecule has 0 aliphatic carbocycles. The third-order valence-corrected chi connectivity index (χ3v) is 5.82. The topological polar surface area (TPSA) is 72.5 Å². The van der Waals surface area contributed by atoms with E-state index >= 15 is 0 Å². The maximum absolute atomic E-state index is 12.8. The van der Waals surface area contributed by atoms with Gasteiger partial charge in [0.2, 0.25) is 10.0 Å². The highest BCUT2D eigenvalue weighted by molar-refractivity contribution is 7.89. The Bertz CT molecular complexity index is 883. The number of halogens is 2. The first-order valence-corrected chi connectivity index (χ1v) is 10.2. The van der Waals surface area contributed by atoms with Gasteiger partial charge in [-0.3, -0.25) is 4.79 Å². The lowest BCUT2D eigenvalue weighted by atomic mass is 10.0. The molecule has 140 valence electrons. The Morgan fingerprint density at radius 3 is 2.42 bits per heavy atom. The number of aryl methyl sites for hydroxylation is 1. The minimum Gasteiger partial charge on any atom is -0.466 e. The molecule has 1 N–H and O–H groups in total. The molecule has 26 heavy (non-hydrogen) atoms. The molecule has 8 heteroatoms. The Morgan fingerprint density at radius 1 is 1.15 bits per heavy atom. The van der Waals surface area contributed by atoms with Crippen molar-refractivity contribution in [3.05, 3.63) is 63.6 Å². The summed E-state index contributed by atoms with van der Waals surface area (Å²) in [5.74, 6) is -0.502. The van der Waals surface area contributed by atoms with E-state index in [2.05, 4.69) is 4.72 Å². The van der Waals surface area contributed by atoms with Crippen LogP contribution in [0.2, 0.25) is 10.0 Å². The number of nitrogens with one attached hydrogen (secondary N) is 1. The Hall–Kier alpha value is -1.60. The maximum Gasteiger partial charge on any atom is 0.307 e. The van der Waals surface area contributed by atoms with E-state index in [1.807, 2.05) is 19.1 Å². The molecule has 5 nitrogen and oxygen atoms in total. The van der Waals surface area contributed by atoms with Crippen molar-refractivity contribution >= 4 is 39.2 Å². The lowest BCUT2D eigenvalue weighted by Gasteiger charge is -2.19. The average Bonchev–Trinajstić information content (AvgIpc) is 2.57. The summed E-state index contributed by atoms with van der Waals surface area (Å²) in [6.07, 6.45) is -0.145. The normalized spacial score (nSPS) is 12.6. The minimum atomic E-state index is -4.01. The van der Waals surface area contributed by atoms with Crippen LogP contribution in [0, 0.1) is 6.92 Å². The van der Waals surface area contributed by atoms with E-state index in [0.717, 1.165) is 5.56 Å². The van der Waals surface area contributed by atoms with E-state index < -0.39 is 22.0 Å². The van der Waals surface area contributed by atoms with E-state index in [4.69, 9.17) is 27.9 Å². The van der Waals surface area contributed by atoms with E-state index in [1.165, 1.54) is 18.2 Å². The van der Waals surface area contributed by atoms with Gasteiger partial charge in [-0.25, -0.2) is 13.1 Å². The first-order chi connectivity index (χ1) is 12.2. The fourth-order valence-corrected chi connectivity index (χ4v) is 4.33. The molecular weight excluding hydrogens is 397 g/mol. The van der Waals surface area contributed by atoms with Crippen molar-refractivity contribution in [1.82, 2.24) is 4.72 Å². The Balaban J connectivity index is 2.37. The first kappa shape index (κ1) is 20.7. The second-order valence-electron chi connectivity index (χ2n) is 5.67. The van der Waals surface area contributed by atoms with Gasteiger partial charge in [0.15, 0.2) is 0 Å². The summed E-state index contributed by atoms with van der Waals surface area (Å²) in [4.78, 5) is 11.8. The van der Waals surface area contributed by atoms with E-state index in [0.29, 0.717) is 5.56 Å². The Labute approximate surface area is 163 Å². The molecule has 2 aromatic rings. The standard InChI is InChI=1S/C18H19Cl2NO4S/c1-3-25-18(22)11-16(13-6-4-12(2)5-7-13)21-26(23,24)17-10-14(19)8-9-15(17)20/h4-10,16,21H,3,11H2,1-2H3/t16-/m0/s1. The highest BCUT2D eigenvalue weighted by Gasteiger charge is 2.26. The lowest BCUT2D eigenvalue weighted by Crippen LogP contribution is -2.31. The van der Waals surface area contributed by atoms with Crippen LogP contribution in [-0.2, 0) is 19.6 Å². The van der Waals surface area contributed by atoms with E-state index in [9.17, 15) is 13.2 Å². The van der Waals surface area contributed by atoms with Crippen LogP contribution in [0.15, 0.2) is 47.4 Å². The van der Waals surface area contributed by atoms with Gasteiger partial charge in [-0.05, 0) is 37.6 Å². The van der Waals surface area contributed by atoms with Crippen LogP contribution in [-0.4, -0.2) is 21.0 Å². The molecule has 0 saturated carbocycles. The van der Waals surface area contributed by atoms with Gasteiger partial charge >= 0.3 is 5.97 Å². The van der Waals surface area contributed by atoms with Crippen LogP contribution >= 0.6 is 23.2 Å².